The largest absolute Gasteiger partial charge is 0.478 e. The van der Waals surface area contributed by atoms with E-state index >= 15 is 0 Å². The highest BCUT2D eigenvalue weighted by atomic mass is 16.4. The van der Waals surface area contributed by atoms with Crippen LogP contribution in [0.1, 0.15) is 43.0 Å². The summed E-state index contributed by atoms with van der Waals surface area (Å²) in [5.74, 6) is 0.407. The molecule has 1 aliphatic rings. The van der Waals surface area contributed by atoms with Crippen molar-refractivity contribution in [1.82, 2.24) is 4.98 Å². The highest BCUT2D eigenvalue weighted by Crippen LogP contribution is 2.31. The molecule has 1 heterocycles. The van der Waals surface area contributed by atoms with E-state index < -0.39 is 5.97 Å². The van der Waals surface area contributed by atoms with Gasteiger partial charge in [-0.15, -0.1) is 0 Å². The fourth-order valence-corrected chi connectivity index (χ4v) is 2.81. The van der Waals surface area contributed by atoms with Crippen molar-refractivity contribution in [2.75, 3.05) is 17.7 Å². The molecular formula is C14H21N3O2. The number of carboxylic acid groups (broad SMARTS) is 1. The van der Waals surface area contributed by atoms with E-state index in [0.29, 0.717) is 17.5 Å². The van der Waals surface area contributed by atoms with E-state index in [-0.39, 0.29) is 5.56 Å². The normalized spacial score (nSPS) is 23.1. The summed E-state index contributed by atoms with van der Waals surface area (Å²) in [5, 5.41) is 8.91. The van der Waals surface area contributed by atoms with E-state index in [1.807, 2.05) is 7.05 Å². The second-order valence-electron chi connectivity index (χ2n) is 5.48. The maximum Gasteiger partial charge on any atom is 0.337 e. The van der Waals surface area contributed by atoms with Crippen LogP contribution in [0, 0.1) is 5.92 Å². The third-order valence-electron chi connectivity index (χ3n) is 3.93. The summed E-state index contributed by atoms with van der Waals surface area (Å²) in [4.78, 5) is 17.2. The van der Waals surface area contributed by atoms with Crippen LogP contribution in [0.5, 0.6) is 0 Å². The fourth-order valence-electron chi connectivity index (χ4n) is 2.81. The van der Waals surface area contributed by atoms with Crippen LogP contribution in [-0.2, 0) is 0 Å². The lowest BCUT2D eigenvalue weighted by molar-refractivity contribution is 0.0696. The van der Waals surface area contributed by atoms with Crippen LogP contribution in [0.3, 0.4) is 0 Å². The Labute approximate surface area is 113 Å². The Hall–Kier alpha value is -1.78. The Morgan fingerprint density at radius 2 is 2.26 bits per heavy atom. The SMILES string of the molecule is CC1CCCC(N(C)c2ncc(C(=O)O)cc2N)C1. The molecule has 1 saturated carbocycles. The number of nitrogens with two attached hydrogens (primary N) is 1. The summed E-state index contributed by atoms with van der Waals surface area (Å²) in [6.07, 6.45) is 6.16. The minimum atomic E-state index is -1.00. The first-order valence-corrected chi connectivity index (χ1v) is 6.70. The number of carbonyl (C=O) groups is 1. The Bertz CT molecular complexity index is 476. The van der Waals surface area contributed by atoms with Gasteiger partial charge in [-0.2, -0.15) is 0 Å². The molecule has 0 aliphatic heterocycles. The molecule has 2 unspecified atom stereocenters. The molecule has 5 heteroatoms. The quantitative estimate of drug-likeness (QED) is 0.875. The van der Waals surface area contributed by atoms with Gasteiger partial charge in [-0.25, -0.2) is 9.78 Å². The number of rotatable bonds is 3. The number of hydrogen-bond donors (Lipinski definition) is 2. The van der Waals surface area contributed by atoms with Gasteiger partial charge < -0.3 is 15.7 Å². The molecule has 5 nitrogen and oxygen atoms in total. The molecule has 104 valence electrons. The predicted molar refractivity (Wildman–Crippen MR) is 75.4 cm³/mol. The van der Waals surface area contributed by atoms with E-state index in [1.54, 1.807) is 0 Å². The highest BCUT2D eigenvalue weighted by molar-refractivity contribution is 5.89. The lowest BCUT2D eigenvalue weighted by Crippen LogP contribution is -2.36. The number of aromatic carboxylic acids is 1. The highest BCUT2D eigenvalue weighted by Gasteiger charge is 2.24. The number of nitrogen functional groups attached to an aromatic ring is 1. The number of anilines is 2. The van der Waals surface area contributed by atoms with Crippen LogP contribution < -0.4 is 10.6 Å². The van der Waals surface area contributed by atoms with E-state index in [9.17, 15) is 4.79 Å². The minimum Gasteiger partial charge on any atom is -0.478 e. The van der Waals surface area contributed by atoms with Crippen molar-refractivity contribution < 1.29 is 9.90 Å². The van der Waals surface area contributed by atoms with Gasteiger partial charge in [0.15, 0.2) is 5.82 Å². The van der Waals surface area contributed by atoms with Crippen LogP contribution >= 0.6 is 0 Å². The molecule has 2 atom stereocenters. The van der Waals surface area contributed by atoms with Crippen molar-refractivity contribution in [3.05, 3.63) is 17.8 Å². The Kier molecular flexibility index (Phi) is 3.93. The zero-order chi connectivity index (χ0) is 14.0. The number of hydrogen-bond acceptors (Lipinski definition) is 4. The van der Waals surface area contributed by atoms with Crippen molar-refractivity contribution in [3.63, 3.8) is 0 Å². The molecule has 1 aromatic rings. The maximum atomic E-state index is 10.9. The molecule has 0 spiro atoms. The second kappa shape index (κ2) is 5.47. The topological polar surface area (TPSA) is 79.5 Å². The van der Waals surface area contributed by atoms with E-state index in [1.165, 1.54) is 25.1 Å². The predicted octanol–water partition coefficient (Wildman–Crippen LogP) is 2.38. The third-order valence-corrected chi connectivity index (χ3v) is 3.93. The summed E-state index contributed by atoms with van der Waals surface area (Å²) in [6.45, 7) is 2.27. The summed E-state index contributed by atoms with van der Waals surface area (Å²) in [5.41, 5.74) is 6.50. The Balaban J connectivity index is 2.19. The monoisotopic (exact) mass is 263 g/mol. The lowest BCUT2D eigenvalue weighted by Gasteiger charge is -2.35. The summed E-state index contributed by atoms with van der Waals surface area (Å²) in [7, 11) is 1.99. The molecule has 0 aromatic carbocycles. The van der Waals surface area contributed by atoms with Crippen LogP contribution in [0.25, 0.3) is 0 Å². The van der Waals surface area contributed by atoms with Crippen LogP contribution in [0.2, 0.25) is 0 Å². The zero-order valence-electron chi connectivity index (χ0n) is 11.5. The Morgan fingerprint density at radius 1 is 1.53 bits per heavy atom. The van der Waals surface area contributed by atoms with Gasteiger partial charge >= 0.3 is 5.97 Å². The van der Waals surface area contributed by atoms with Gasteiger partial charge in [0.2, 0.25) is 0 Å². The molecule has 0 radical (unpaired) electrons. The van der Waals surface area contributed by atoms with Gasteiger partial charge in [-0.3, -0.25) is 0 Å². The second-order valence-corrected chi connectivity index (χ2v) is 5.48. The zero-order valence-corrected chi connectivity index (χ0v) is 11.5. The first kappa shape index (κ1) is 13.6. The van der Waals surface area contributed by atoms with Crippen LogP contribution in [-0.4, -0.2) is 29.1 Å². The molecule has 0 bridgehead atoms. The van der Waals surface area contributed by atoms with Gasteiger partial charge in [0, 0.05) is 19.3 Å². The third kappa shape index (κ3) is 2.97. The first-order valence-electron chi connectivity index (χ1n) is 6.70. The number of carboxylic acids is 1. The van der Waals surface area contributed by atoms with Crippen molar-refractivity contribution >= 4 is 17.5 Å². The van der Waals surface area contributed by atoms with Gasteiger partial charge in [-0.1, -0.05) is 19.8 Å². The molecule has 3 N–H and O–H groups in total. The average Bonchev–Trinajstić information content (AvgIpc) is 2.37. The standard InChI is InChI=1S/C14H21N3O2/c1-9-4-3-5-11(6-9)17(2)13-12(15)7-10(8-16-13)14(18)19/h7-9,11H,3-6,15H2,1-2H3,(H,18,19). The molecule has 19 heavy (non-hydrogen) atoms. The van der Waals surface area contributed by atoms with E-state index in [0.717, 1.165) is 18.8 Å². The van der Waals surface area contributed by atoms with Crippen molar-refractivity contribution in [3.8, 4) is 0 Å². The molecule has 0 saturated heterocycles. The van der Waals surface area contributed by atoms with Gasteiger partial charge in [0.1, 0.15) is 0 Å². The van der Waals surface area contributed by atoms with Crippen LogP contribution in [0.4, 0.5) is 11.5 Å². The van der Waals surface area contributed by atoms with Gasteiger partial charge in [-0.05, 0) is 24.8 Å². The lowest BCUT2D eigenvalue weighted by atomic mass is 9.86. The minimum absolute atomic E-state index is 0.131. The maximum absolute atomic E-state index is 10.9. The van der Waals surface area contributed by atoms with E-state index in [2.05, 4.69) is 16.8 Å². The number of pyridine rings is 1. The smallest absolute Gasteiger partial charge is 0.337 e. The Morgan fingerprint density at radius 3 is 2.84 bits per heavy atom. The number of nitrogens with zero attached hydrogens (tertiary/aromatic N) is 2. The number of aromatic nitrogens is 1. The van der Waals surface area contributed by atoms with Crippen LogP contribution in [0.15, 0.2) is 12.3 Å². The van der Waals surface area contributed by atoms with Gasteiger partial charge in [0.05, 0.1) is 11.3 Å². The average molecular weight is 263 g/mol. The van der Waals surface area contributed by atoms with Gasteiger partial charge in [0.25, 0.3) is 0 Å². The molecule has 1 aliphatic carbocycles. The summed E-state index contributed by atoms with van der Waals surface area (Å²) < 4.78 is 0. The van der Waals surface area contributed by atoms with Crippen molar-refractivity contribution in [2.45, 2.75) is 38.6 Å². The summed E-state index contributed by atoms with van der Waals surface area (Å²) in [6, 6.07) is 1.92. The van der Waals surface area contributed by atoms with Crippen molar-refractivity contribution in [1.29, 1.82) is 0 Å². The molecule has 0 amide bonds. The fraction of sp³-hybridized carbons (Fsp3) is 0.571. The first-order chi connectivity index (χ1) is 8.99. The van der Waals surface area contributed by atoms with Crippen molar-refractivity contribution in [2.24, 2.45) is 5.92 Å². The molecule has 2 rings (SSSR count). The molecule has 1 fully saturated rings. The molecule has 1 aromatic heterocycles. The van der Waals surface area contributed by atoms with E-state index in [4.69, 9.17) is 10.8 Å². The molecular weight excluding hydrogens is 242 g/mol. The summed E-state index contributed by atoms with van der Waals surface area (Å²) >= 11 is 0.